The van der Waals surface area contributed by atoms with Gasteiger partial charge in [0.15, 0.2) is 0 Å². The van der Waals surface area contributed by atoms with Crippen molar-refractivity contribution in [1.82, 2.24) is 0 Å². The van der Waals surface area contributed by atoms with E-state index in [-0.39, 0.29) is 0 Å². The molecule has 1 aromatic rings. The van der Waals surface area contributed by atoms with Crippen molar-refractivity contribution >= 4 is 0 Å². The van der Waals surface area contributed by atoms with Crippen LogP contribution in [0, 0.1) is 0 Å². The van der Waals surface area contributed by atoms with E-state index in [0.717, 1.165) is 17.7 Å². The standard InChI is InChI=1S/C12H14O/c1-3-11(2)9-10-13-12-7-5-4-6-8-12/h3-8H,1-2,9-10H2. The molecule has 68 valence electrons. The average molecular weight is 174 g/mol. The summed E-state index contributed by atoms with van der Waals surface area (Å²) in [5.74, 6) is 0.902. The molecule has 0 saturated carbocycles. The lowest BCUT2D eigenvalue weighted by molar-refractivity contribution is 0.323. The third-order valence-electron chi connectivity index (χ3n) is 1.72. The summed E-state index contributed by atoms with van der Waals surface area (Å²) in [5, 5.41) is 0. The van der Waals surface area contributed by atoms with Crippen molar-refractivity contribution < 1.29 is 4.74 Å². The Morgan fingerprint density at radius 1 is 1.31 bits per heavy atom. The molecule has 0 atom stereocenters. The normalized spacial score (nSPS) is 9.23. The fourth-order valence-electron chi connectivity index (χ4n) is 0.919. The predicted octanol–water partition coefficient (Wildman–Crippen LogP) is 3.20. The molecule has 0 aliphatic heterocycles. The maximum atomic E-state index is 5.47. The monoisotopic (exact) mass is 174 g/mol. The summed E-state index contributed by atoms with van der Waals surface area (Å²) < 4.78 is 5.47. The van der Waals surface area contributed by atoms with Gasteiger partial charge in [-0.25, -0.2) is 0 Å². The largest absolute Gasteiger partial charge is 0.493 e. The number of hydrogen-bond donors (Lipinski definition) is 0. The van der Waals surface area contributed by atoms with Gasteiger partial charge >= 0.3 is 0 Å². The number of rotatable bonds is 5. The van der Waals surface area contributed by atoms with Crippen LogP contribution in [-0.4, -0.2) is 6.61 Å². The summed E-state index contributed by atoms with van der Waals surface area (Å²) in [6, 6.07) is 9.76. The maximum Gasteiger partial charge on any atom is 0.119 e. The maximum absolute atomic E-state index is 5.47. The van der Waals surface area contributed by atoms with Crippen LogP contribution in [0.5, 0.6) is 5.75 Å². The summed E-state index contributed by atoms with van der Waals surface area (Å²) in [6.45, 7) is 8.10. The first kappa shape index (κ1) is 9.59. The lowest BCUT2D eigenvalue weighted by Gasteiger charge is -2.04. The van der Waals surface area contributed by atoms with Crippen molar-refractivity contribution in [3.05, 3.63) is 55.1 Å². The van der Waals surface area contributed by atoms with Crippen molar-refractivity contribution in [3.8, 4) is 5.75 Å². The molecule has 0 heterocycles. The van der Waals surface area contributed by atoms with Gasteiger partial charge < -0.3 is 4.74 Å². The van der Waals surface area contributed by atoms with Gasteiger partial charge in [-0.15, -0.1) is 0 Å². The van der Waals surface area contributed by atoms with Crippen LogP contribution in [-0.2, 0) is 0 Å². The average Bonchev–Trinajstić information content (AvgIpc) is 2.19. The summed E-state index contributed by atoms with van der Waals surface area (Å²) in [6.07, 6.45) is 2.59. The summed E-state index contributed by atoms with van der Waals surface area (Å²) in [7, 11) is 0. The highest BCUT2D eigenvalue weighted by atomic mass is 16.5. The van der Waals surface area contributed by atoms with E-state index in [4.69, 9.17) is 4.74 Å². The third kappa shape index (κ3) is 3.61. The van der Waals surface area contributed by atoms with Gasteiger partial charge in [0.25, 0.3) is 0 Å². The molecule has 1 rings (SSSR count). The second-order valence-electron chi connectivity index (χ2n) is 2.77. The number of ether oxygens (including phenoxy) is 1. The first-order valence-electron chi connectivity index (χ1n) is 4.31. The van der Waals surface area contributed by atoms with E-state index in [9.17, 15) is 0 Å². The molecular formula is C12H14O. The molecule has 13 heavy (non-hydrogen) atoms. The van der Waals surface area contributed by atoms with Gasteiger partial charge in [-0.05, 0) is 12.1 Å². The Kier molecular flexibility index (Phi) is 3.83. The minimum Gasteiger partial charge on any atom is -0.493 e. The minimum absolute atomic E-state index is 0.662. The molecule has 0 aromatic heterocycles. The van der Waals surface area contributed by atoms with Crippen molar-refractivity contribution in [2.75, 3.05) is 6.61 Å². The lowest BCUT2D eigenvalue weighted by atomic mass is 10.2. The highest BCUT2D eigenvalue weighted by Crippen LogP contribution is 2.09. The molecule has 0 saturated heterocycles. The van der Waals surface area contributed by atoms with Crippen LogP contribution < -0.4 is 4.74 Å². The fourth-order valence-corrected chi connectivity index (χ4v) is 0.919. The third-order valence-corrected chi connectivity index (χ3v) is 1.72. The van der Waals surface area contributed by atoms with Crippen LogP contribution in [0.4, 0.5) is 0 Å². The molecule has 1 heteroatoms. The zero-order valence-corrected chi connectivity index (χ0v) is 7.70. The zero-order chi connectivity index (χ0) is 9.52. The van der Waals surface area contributed by atoms with Crippen LogP contribution in [0.2, 0.25) is 0 Å². The van der Waals surface area contributed by atoms with Gasteiger partial charge in [0.05, 0.1) is 6.61 Å². The topological polar surface area (TPSA) is 9.23 Å². The number of allylic oxidation sites excluding steroid dienone is 1. The molecule has 0 fully saturated rings. The van der Waals surface area contributed by atoms with E-state index in [1.807, 2.05) is 30.3 Å². The van der Waals surface area contributed by atoms with Gasteiger partial charge in [0.2, 0.25) is 0 Å². The van der Waals surface area contributed by atoms with E-state index in [1.54, 1.807) is 6.08 Å². The summed E-state index contributed by atoms with van der Waals surface area (Å²) in [5.41, 5.74) is 1.01. The molecular weight excluding hydrogens is 160 g/mol. The first-order chi connectivity index (χ1) is 6.33. The smallest absolute Gasteiger partial charge is 0.119 e. The predicted molar refractivity (Wildman–Crippen MR) is 55.9 cm³/mol. The van der Waals surface area contributed by atoms with Gasteiger partial charge in [-0.3, -0.25) is 0 Å². The van der Waals surface area contributed by atoms with Crippen molar-refractivity contribution in [1.29, 1.82) is 0 Å². The second-order valence-corrected chi connectivity index (χ2v) is 2.77. The molecule has 0 radical (unpaired) electrons. The van der Waals surface area contributed by atoms with Crippen molar-refractivity contribution in [2.24, 2.45) is 0 Å². The Morgan fingerprint density at radius 3 is 2.62 bits per heavy atom. The zero-order valence-electron chi connectivity index (χ0n) is 7.70. The van der Waals surface area contributed by atoms with Crippen LogP contribution >= 0.6 is 0 Å². The van der Waals surface area contributed by atoms with E-state index in [2.05, 4.69) is 13.2 Å². The molecule has 1 aromatic carbocycles. The van der Waals surface area contributed by atoms with Crippen molar-refractivity contribution in [3.63, 3.8) is 0 Å². The quantitative estimate of drug-likeness (QED) is 0.623. The lowest BCUT2D eigenvalue weighted by Crippen LogP contribution is -1.97. The SMILES string of the molecule is C=CC(=C)CCOc1ccccc1. The summed E-state index contributed by atoms with van der Waals surface area (Å²) in [4.78, 5) is 0. The fraction of sp³-hybridized carbons (Fsp3) is 0.167. The molecule has 0 amide bonds. The van der Waals surface area contributed by atoms with Gasteiger partial charge in [-0.2, -0.15) is 0 Å². The van der Waals surface area contributed by atoms with E-state index >= 15 is 0 Å². The number of hydrogen-bond acceptors (Lipinski definition) is 1. The van der Waals surface area contributed by atoms with E-state index in [1.165, 1.54) is 0 Å². The van der Waals surface area contributed by atoms with Crippen LogP contribution in [0.15, 0.2) is 55.1 Å². The van der Waals surface area contributed by atoms with Crippen molar-refractivity contribution in [2.45, 2.75) is 6.42 Å². The second kappa shape index (κ2) is 5.20. The minimum atomic E-state index is 0.662. The highest BCUT2D eigenvalue weighted by Gasteiger charge is 1.91. The molecule has 0 aliphatic carbocycles. The Bertz CT molecular complexity index is 274. The summed E-state index contributed by atoms with van der Waals surface area (Å²) >= 11 is 0. The Hall–Kier alpha value is -1.50. The van der Waals surface area contributed by atoms with E-state index in [0.29, 0.717) is 6.61 Å². The number of para-hydroxylation sites is 1. The Labute approximate surface area is 79.4 Å². The molecule has 0 bridgehead atoms. The van der Waals surface area contributed by atoms with Gasteiger partial charge in [0, 0.05) is 6.42 Å². The molecule has 1 nitrogen and oxygen atoms in total. The molecule has 0 unspecified atom stereocenters. The highest BCUT2D eigenvalue weighted by molar-refractivity contribution is 5.21. The molecule has 0 spiro atoms. The Morgan fingerprint density at radius 2 is 2.00 bits per heavy atom. The molecule has 0 aliphatic rings. The Balaban J connectivity index is 2.28. The first-order valence-corrected chi connectivity index (χ1v) is 4.31. The number of benzene rings is 1. The van der Waals surface area contributed by atoms with Gasteiger partial charge in [-0.1, -0.05) is 43.0 Å². The van der Waals surface area contributed by atoms with Crippen LogP contribution in [0.25, 0.3) is 0 Å². The molecule has 0 N–H and O–H groups in total. The van der Waals surface area contributed by atoms with Gasteiger partial charge in [0.1, 0.15) is 5.75 Å². The van der Waals surface area contributed by atoms with Crippen LogP contribution in [0.3, 0.4) is 0 Å². The van der Waals surface area contributed by atoms with E-state index < -0.39 is 0 Å². The van der Waals surface area contributed by atoms with Crippen LogP contribution in [0.1, 0.15) is 6.42 Å².